The molecule has 62 valence electrons. The van der Waals surface area contributed by atoms with E-state index in [-0.39, 0.29) is 53.0 Å². The van der Waals surface area contributed by atoms with Gasteiger partial charge in [-0.3, -0.25) is 0 Å². The van der Waals surface area contributed by atoms with Crippen molar-refractivity contribution in [3.63, 3.8) is 0 Å². The van der Waals surface area contributed by atoms with Crippen molar-refractivity contribution in [3.05, 3.63) is 0 Å². The van der Waals surface area contributed by atoms with Gasteiger partial charge in [0, 0.05) is 9.47 Å². The maximum Gasteiger partial charge on any atom is 2.00 e. The first-order valence-corrected chi connectivity index (χ1v) is 3.15. The van der Waals surface area contributed by atoms with Crippen molar-refractivity contribution in [2.24, 2.45) is 0 Å². The summed E-state index contributed by atoms with van der Waals surface area (Å²) in [5, 5.41) is 0. The van der Waals surface area contributed by atoms with E-state index in [9.17, 15) is 0 Å². The minimum atomic E-state index is 0. The average molecular weight is 215 g/mol. The van der Waals surface area contributed by atoms with Gasteiger partial charge in [-0.25, -0.2) is 0 Å². The maximum absolute atomic E-state index is 4.82. The number of nitrogens with zero attached hydrogens (tertiary/aromatic N) is 1. The first kappa shape index (κ1) is 17.8. The van der Waals surface area contributed by atoms with E-state index in [0.717, 1.165) is 17.6 Å². The van der Waals surface area contributed by atoms with Crippen LogP contribution in [0.2, 0.25) is 0 Å². The molecule has 0 aromatic heterocycles. The van der Waals surface area contributed by atoms with Crippen LogP contribution in [0.3, 0.4) is 0 Å². The second-order valence-corrected chi connectivity index (χ2v) is 3.22. The van der Waals surface area contributed by atoms with Gasteiger partial charge in [0.15, 0.2) is 0 Å². The van der Waals surface area contributed by atoms with Crippen molar-refractivity contribution >= 4 is 59.6 Å². The van der Waals surface area contributed by atoms with Gasteiger partial charge in [0.2, 0.25) is 0 Å². The van der Waals surface area contributed by atoms with Crippen LogP contribution in [0.15, 0.2) is 0 Å². The zero-order valence-electron chi connectivity index (χ0n) is 8.96. The predicted molar refractivity (Wildman–Crippen MR) is 53.8 cm³/mol. The summed E-state index contributed by atoms with van der Waals surface area (Å²) < 4.78 is 5.79. The summed E-state index contributed by atoms with van der Waals surface area (Å²) in [6.07, 6.45) is 0. The minimum absolute atomic E-state index is 0. The predicted octanol–water partition coefficient (Wildman–Crippen LogP) is 0.765. The molecule has 0 aromatic carbocycles. The zero-order valence-corrected chi connectivity index (χ0v) is 11.1. The van der Waals surface area contributed by atoms with Crippen LogP contribution in [0, 0.1) is 0 Å². The molecular weight excluding hydrogens is 197 g/mol. The van der Waals surface area contributed by atoms with E-state index in [1.54, 1.807) is 0 Å². The fourth-order valence-corrected chi connectivity index (χ4v) is 0.432. The number of halogens is 1. The summed E-state index contributed by atoms with van der Waals surface area (Å²) in [6.45, 7) is 1.87. The molecule has 2 nitrogen and oxygen atoms in total. The summed E-state index contributed by atoms with van der Waals surface area (Å²) >= 11 is 0. The molecule has 0 amide bonds. The molecule has 0 fully saturated rings. The second kappa shape index (κ2) is 8.99. The van der Waals surface area contributed by atoms with Crippen molar-refractivity contribution in [2.45, 2.75) is 0 Å². The first-order valence-electron chi connectivity index (χ1n) is 2.68. The van der Waals surface area contributed by atoms with Gasteiger partial charge >= 0.3 is 37.7 Å². The van der Waals surface area contributed by atoms with E-state index in [0.29, 0.717) is 0 Å². The molecule has 0 rings (SSSR count). The summed E-state index contributed by atoms with van der Waals surface area (Å²) in [6, 6.07) is 0. The normalized spacial score (nSPS) is 9.60. The minimum Gasteiger partial charge on any atom is -1.00 e. The summed E-state index contributed by atoms with van der Waals surface area (Å²) in [5.74, 6) is 0. The SMILES string of the molecule is C[N+](C)(C)CCOP.Cl.[Ca+2].[H-].[H-]. The topological polar surface area (TPSA) is 9.23 Å². The van der Waals surface area contributed by atoms with Crippen molar-refractivity contribution in [3.8, 4) is 0 Å². The Hall–Kier alpha value is 1.90. The van der Waals surface area contributed by atoms with Crippen LogP contribution >= 0.6 is 21.9 Å². The number of rotatable bonds is 3. The molecule has 0 aliphatic rings. The van der Waals surface area contributed by atoms with Crippen LogP contribution in [0.25, 0.3) is 0 Å². The van der Waals surface area contributed by atoms with E-state index < -0.39 is 0 Å². The van der Waals surface area contributed by atoms with Crippen molar-refractivity contribution < 1.29 is 11.9 Å². The third-order valence-electron chi connectivity index (χ3n) is 0.880. The van der Waals surface area contributed by atoms with Gasteiger partial charge in [-0.1, -0.05) is 0 Å². The van der Waals surface area contributed by atoms with E-state index in [1.807, 2.05) is 0 Å². The van der Waals surface area contributed by atoms with Gasteiger partial charge in [0.05, 0.1) is 27.7 Å². The molecule has 10 heavy (non-hydrogen) atoms. The quantitative estimate of drug-likeness (QED) is 0.383. The Morgan fingerprint density at radius 1 is 1.40 bits per heavy atom. The van der Waals surface area contributed by atoms with Crippen LogP contribution in [0.4, 0.5) is 0 Å². The number of hydrogen-bond donors (Lipinski definition) is 0. The number of hydrogen-bond acceptors (Lipinski definition) is 1. The maximum atomic E-state index is 4.82. The summed E-state index contributed by atoms with van der Waals surface area (Å²) in [7, 11) is 8.68. The summed E-state index contributed by atoms with van der Waals surface area (Å²) in [5.41, 5.74) is 0. The Balaban J connectivity index is -0.0000000408. The van der Waals surface area contributed by atoms with Crippen molar-refractivity contribution in [2.75, 3.05) is 34.3 Å². The smallest absolute Gasteiger partial charge is 1.00 e. The molecular formula is C5H18CaClNOP+. The monoisotopic (exact) mass is 214 g/mol. The molecule has 0 N–H and O–H groups in total. The molecule has 0 spiro atoms. The third-order valence-corrected chi connectivity index (χ3v) is 1.12. The molecule has 0 aromatic rings. The molecule has 0 heterocycles. The Bertz CT molecular complexity index is 77.0. The average Bonchev–Trinajstić information content (AvgIpc) is 1.59. The number of likely N-dealkylation sites (N-methyl/N-ethyl adjacent to an activating group) is 1. The Morgan fingerprint density at radius 3 is 1.90 bits per heavy atom. The molecule has 0 saturated carbocycles. The van der Waals surface area contributed by atoms with E-state index in [2.05, 4.69) is 30.6 Å². The third kappa shape index (κ3) is 16.5. The van der Waals surface area contributed by atoms with Crippen LogP contribution in [-0.4, -0.2) is 76.5 Å². The molecule has 0 aliphatic carbocycles. The van der Waals surface area contributed by atoms with Crippen LogP contribution < -0.4 is 0 Å². The second-order valence-electron chi connectivity index (χ2n) is 2.88. The molecule has 0 saturated heterocycles. The molecule has 1 atom stereocenters. The van der Waals surface area contributed by atoms with Crippen LogP contribution in [0.5, 0.6) is 0 Å². The van der Waals surface area contributed by atoms with Gasteiger partial charge in [-0.05, 0) is 0 Å². The van der Waals surface area contributed by atoms with E-state index >= 15 is 0 Å². The van der Waals surface area contributed by atoms with E-state index in [4.69, 9.17) is 4.52 Å². The van der Waals surface area contributed by atoms with E-state index in [1.165, 1.54) is 0 Å². The first-order chi connectivity index (χ1) is 3.56. The van der Waals surface area contributed by atoms with Gasteiger partial charge in [-0.2, -0.15) is 0 Å². The van der Waals surface area contributed by atoms with Gasteiger partial charge in [0.1, 0.15) is 6.54 Å². The fourth-order valence-electron chi connectivity index (χ4n) is 0.327. The molecule has 0 radical (unpaired) electrons. The number of quaternary nitrogens is 1. The van der Waals surface area contributed by atoms with Crippen LogP contribution in [-0.2, 0) is 4.52 Å². The zero-order chi connectivity index (χ0) is 6.62. The fraction of sp³-hybridized carbons (Fsp3) is 1.00. The van der Waals surface area contributed by atoms with Gasteiger partial charge in [0.25, 0.3) is 0 Å². The Labute approximate surface area is 105 Å². The Kier molecular flexibility index (Phi) is 16.0. The molecule has 5 heteroatoms. The molecule has 1 unspecified atom stereocenters. The summed E-state index contributed by atoms with van der Waals surface area (Å²) in [4.78, 5) is 0. The van der Waals surface area contributed by atoms with Crippen molar-refractivity contribution in [1.29, 1.82) is 0 Å². The van der Waals surface area contributed by atoms with Crippen molar-refractivity contribution in [1.82, 2.24) is 0 Å². The largest absolute Gasteiger partial charge is 2.00 e. The van der Waals surface area contributed by atoms with Gasteiger partial charge < -0.3 is 11.9 Å². The standard InChI is InChI=1S/C5H15NOP.Ca.ClH.2H/c1-6(2,3)4-5-7-8;;;;/h4-5,8H2,1-3H3;;1H;;/q+1;+2;;2*-1. The molecule has 0 aliphatic heterocycles. The van der Waals surface area contributed by atoms with Gasteiger partial charge in [-0.15, -0.1) is 12.4 Å². The Morgan fingerprint density at radius 2 is 1.80 bits per heavy atom. The van der Waals surface area contributed by atoms with Crippen LogP contribution in [0.1, 0.15) is 2.85 Å². The molecule has 0 bridgehead atoms.